The molecule has 1 aromatic heterocycles. The van der Waals surface area contributed by atoms with Gasteiger partial charge in [-0.2, -0.15) is 0 Å². The first-order chi connectivity index (χ1) is 16.4. The number of aromatic amines is 1. The minimum Gasteiger partial charge on any atom is -0.493 e. The van der Waals surface area contributed by atoms with Gasteiger partial charge in [-0.3, -0.25) is 4.79 Å². The average molecular weight is 467 g/mol. The van der Waals surface area contributed by atoms with Crippen LogP contribution in [0.25, 0.3) is 28.5 Å². The highest BCUT2D eigenvalue weighted by molar-refractivity contribution is 5.95. The zero-order chi connectivity index (χ0) is 24.2. The van der Waals surface area contributed by atoms with Crippen molar-refractivity contribution in [3.05, 3.63) is 35.9 Å². The Labute approximate surface area is 198 Å². The van der Waals surface area contributed by atoms with E-state index in [9.17, 15) is 4.79 Å². The second kappa shape index (κ2) is 10.0. The Morgan fingerprint density at radius 3 is 2.32 bits per heavy atom. The fraction of sp³-hybridized carbons (Fsp3) is 0.360. The first kappa shape index (κ1) is 23.4. The van der Waals surface area contributed by atoms with Crippen LogP contribution in [-0.2, 0) is 9.53 Å². The molecule has 4 rings (SSSR count). The molecule has 3 aromatic rings. The van der Waals surface area contributed by atoms with Crippen molar-refractivity contribution in [2.75, 3.05) is 66.6 Å². The third-order valence-electron chi connectivity index (χ3n) is 5.77. The lowest BCUT2D eigenvalue weighted by atomic mass is 10.1. The van der Waals surface area contributed by atoms with Gasteiger partial charge in [-0.15, -0.1) is 0 Å². The van der Waals surface area contributed by atoms with Crippen LogP contribution < -0.4 is 19.1 Å². The summed E-state index contributed by atoms with van der Waals surface area (Å²) in [6.45, 7) is 2.88. The number of nitrogens with zero attached hydrogens (tertiary/aromatic N) is 3. The van der Waals surface area contributed by atoms with E-state index < -0.39 is 0 Å². The predicted octanol–water partition coefficient (Wildman–Crippen LogP) is 3.19. The number of imidazole rings is 1. The minimum atomic E-state index is -0.0734. The van der Waals surface area contributed by atoms with E-state index in [2.05, 4.69) is 16.0 Å². The van der Waals surface area contributed by atoms with Crippen molar-refractivity contribution in [2.24, 2.45) is 0 Å². The lowest BCUT2D eigenvalue weighted by molar-refractivity contribution is -0.123. The SMILES string of the molecule is COc1cc(-c2nc3cc(N4CCOCC4)c(/C=C/C(=O)N(C)C)cc3[nH]2)cc(OC)c1OC. The summed E-state index contributed by atoms with van der Waals surface area (Å²) in [7, 11) is 8.21. The van der Waals surface area contributed by atoms with Crippen molar-refractivity contribution in [3.8, 4) is 28.6 Å². The van der Waals surface area contributed by atoms with Gasteiger partial charge in [-0.25, -0.2) is 4.98 Å². The van der Waals surface area contributed by atoms with E-state index in [0.717, 1.165) is 40.9 Å². The summed E-state index contributed by atoms with van der Waals surface area (Å²) in [5.41, 5.74) is 4.43. The number of nitrogens with one attached hydrogen (secondary N) is 1. The van der Waals surface area contributed by atoms with Gasteiger partial charge in [0.1, 0.15) is 5.82 Å². The molecule has 1 N–H and O–H groups in total. The maximum absolute atomic E-state index is 12.2. The highest BCUT2D eigenvalue weighted by Crippen LogP contribution is 2.41. The number of amides is 1. The second-order valence-corrected chi connectivity index (χ2v) is 8.09. The summed E-state index contributed by atoms with van der Waals surface area (Å²) in [5.74, 6) is 2.23. The van der Waals surface area contributed by atoms with Gasteiger partial charge in [0, 0.05) is 50.1 Å². The highest BCUT2D eigenvalue weighted by atomic mass is 16.5. The van der Waals surface area contributed by atoms with Crippen LogP contribution in [-0.4, -0.2) is 82.5 Å². The Morgan fingerprint density at radius 1 is 1.06 bits per heavy atom. The number of fused-ring (bicyclic) bond motifs is 1. The van der Waals surface area contributed by atoms with Crippen molar-refractivity contribution in [2.45, 2.75) is 0 Å². The molecule has 0 bridgehead atoms. The van der Waals surface area contributed by atoms with Crippen LogP contribution in [0.4, 0.5) is 5.69 Å². The number of ether oxygens (including phenoxy) is 4. The standard InChI is InChI=1S/C25H30N4O5/c1-28(2)23(30)7-6-16-12-18-19(15-20(16)29-8-10-34-11-9-29)27-25(26-18)17-13-21(31-3)24(33-5)22(14-17)32-4/h6-7,12-15H,8-11H2,1-5H3,(H,26,27)/b7-6+. The number of H-pyrrole nitrogens is 1. The zero-order valence-electron chi connectivity index (χ0n) is 20.2. The van der Waals surface area contributed by atoms with E-state index >= 15 is 0 Å². The number of rotatable bonds is 7. The maximum Gasteiger partial charge on any atom is 0.246 e. The van der Waals surface area contributed by atoms with Gasteiger partial charge in [-0.1, -0.05) is 0 Å². The summed E-state index contributed by atoms with van der Waals surface area (Å²) in [5, 5.41) is 0. The normalized spacial score (nSPS) is 14.0. The molecule has 1 amide bonds. The highest BCUT2D eigenvalue weighted by Gasteiger charge is 2.19. The molecule has 9 heteroatoms. The first-order valence-electron chi connectivity index (χ1n) is 11.0. The predicted molar refractivity (Wildman–Crippen MR) is 132 cm³/mol. The lowest BCUT2D eigenvalue weighted by Crippen LogP contribution is -2.36. The van der Waals surface area contributed by atoms with Crippen molar-refractivity contribution in [1.82, 2.24) is 14.9 Å². The Morgan fingerprint density at radius 2 is 1.74 bits per heavy atom. The smallest absolute Gasteiger partial charge is 0.246 e. The van der Waals surface area contributed by atoms with Crippen LogP contribution in [0.15, 0.2) is 30.3 Å². The van der Waals surface area contributed by atoms with Crippen LogP contribution in [0.3, 0.4) is 0 Å². The molecule has 2 aromatic carbocycles. The number of aromatic nitrogens is 2. The minimum absolute atomic E-state index is 0.0734. The van der Waals surface area contributed by atoms with Crippen molar-refractivity contribution in [3.63, 3.8) is 0 Å². The Balaban J connectivity index is 1.81. The molecule has 0 spiro atoms. The van der Waals surface area contributed by atoms with E-state index in [1.807, 2.05) is 24.3 Å². The van der Waals surface area contributed by atoms with E-state index in [1.165, 1.54) is 0 Å². The van der Waals surface area contributed by atoms with E-state index in [4.69, 9.17) is 23.9 Å². The molecule has 34 heavy (non-hydrogen) atoms. The van der Waals surface area contributed by atoms with Crippen molar-refractivity contribution < 1.29 is 23.7 Å². The Bertz CT molecular complexity index is 1190. The number of hydrogen-bond donors (Lipinski definition) is 1. The van der Waals surface area contributed by atoms with Gasteiger partial charge in [0.2, 0.25) is 11.7 Å². The first-order valence-corrected chi connectivity index (χ1v) is 11.0. The maximum atomic E-state index is 12.2. The fourth-order valence-electron chi connectivity index (χ4n) is 3.94. The van der Waals surface area contributed by atoms with Crippen LogP contribution in [0.2, 0.25) is 0 Å². The number of benzene rings is 2. The van der Waals surface area contributed by atoms with Crippen LogP contribution in [0.5, 0.6) is 17.2 Å². The molecule has 0 aliphatic carbocycles. The molecule has 0 unspecified atom stereocenters. The fourth-order valence-corrected chi connectivity index (χ4v) is 3.94. The third kappa shape index (κ3) is 4.65. The van der Waals surface area contributed by atoms with Gasteiger partial charge < -0.3 is 33.7 Å². The molecule has 0 radical (unpaired) electrons. The number of carbonyl (C=O) groups is 1. The van der Waals surface area contributed by atoms with E-state index in [1.54, 1.807) is 46.4 Å². The molecule has 2 heterocycles. The molecule has 9 nitrogen and oxygen atoms in total. The largest absolute Gasteiger partial charge is 0.493 e. The second-order valence-electron chi connectivity index (χ2n) is 8.09. The lowest BCUT2D eigenvalue weighted by Gasteiger charge is -2.30. The number of methoxy groups -OCH3 is 3. The van der Waals surface area contributed by atoms with Gasteiger partial charge in [-0.05, 0) is 30.3 Å². The molecule has 1 aliphatic heterocycles. The Kier molecular flexibility index (Phi) is 6.93. The summed E-state index contributed by atoms with van der Waals surface area (Å²) in [4.78, 5) is 24.2. The van der Waals surface area contributed by atoms with Crippen molar-refractivity contribution in [1.29, 1.82) is 0 Å². The molecule has 1 saturated heterocycles. The summed E-state index contributed by atoms with van der Waals surface area (Å²) in [6, 6.07) is 7.80. The number of anilines is 1. The van der Waals surface area contributed by atoms with E-state index in [-0.39, 0.29) is 5.91 Å². The van der Waals surface area contributed by atoms with Gasteiger partial charge in [0.25, 0.3) is 0 Å². The average Bonchev–Trinajstić information content (AvgIpc) is 3.29. The van der Waals surface area contributed by atoms with Gasteiger partial charge in [0.15, 0.2) is 11.5 Å². The molecular weight excluding hydrogens is 436 g/mol. The zero-order valence-corrected chi connectivity index (χ0v) is 20.2. The summed E-state index contributed by atoms with van der Waals surface area (Å²) in [6.07, 6.45) is 3.44. The van der Waals surface area contributed by atoms with Crippen LogP contribution >= 0.6 is 0 Å². The molecular formula is C25H30N4O5. The number of hydrogen-bond acceptors (Lipinski definition) is 7. The summed E-state index contributed by atoms with van der Waals surface area (Å²) >= 11 is 0. The molecule has 1 fully saturated rings. The molecule has 180 valence electrons. The van der Waals surface area contributed by atoms with Gasteiger partial charge in [0.05, 0.1) is 45.6 Å². The summed E-state index contributed by atoms with van der Waals surface area (Å²) < 4.78 is 22.0. The number of carbonyl (C=O) groups excluding carboxylic acids is 1. The molecule has 0 atom stereocenters. The molecule has 1 aliphatic rings. The third-order valence-corrected chi connectivity index (χ3v) is 5.77. The van der Waals surface area contributed by atoms with Crippen molar-refractivity contribution >= 4 is 28.7 Å². The van der Waals surface area contributed by atoms with E-state index in [0.29, 0.717) is 36.3 Å². The monoisotopic (exact) mass is 466 g/mol. The van der Waals surface area contributed by atoms with Crippen LogP contribution in [0.1, 0.15) is 5.56 Å². The molecule has 0 saturated carbocycles. The van der Waals surface area contributed by atoms with Crippen LogP contribution in [0, 0.1) is 0 Å². The Hall–Kier alpha value is -3.72. The topological polar surface area (TPSA) is 89.2 Å². The number of likely N-dealkylation sites (N-methyl/N-ethyl adjacent to an activating group) is 1. The number of morpholine rings is 1. The quantitative estimate of drug-likeness (QED) is 0.535. The van der Waals surface area contributed by atoms with Gasteiger partial charge >= 0.3 is 0 Å².